The highest BCUT2D eigenvalue weighted by molar-refractivity contribution is 6.17. The minimum atomic E-state index is -0.285. The molecule has 2 aromatic rings. The standard InChI is InChI=1S/C13H9ClO4/c14-6-7-12(16)8(15)5-11-13(7)18-10-4-2-1-3-9(10)17-11/h1-5,15-16H,6H2. The molecule has 0 unspecified atom stereocenters. The number of hydrogen-bond acceptors (Lipinski definition) is 4. The van der Waals surface area contributed by atoms with Gasteiger partial charge in [-0.2, -0.15) is 0 Å². The molecule has 0 radical (unpaired) electrons. The third kappa shape index (κ3) is 1.54. The second kappa shape index (κ2) is 3.99. The molecule has 1 aliphatic rings. The van der Waals surface area contributed by atoms with Crippen molar-refractivity contribution in [2.75, 3.05) is 0 Å². The van der Waals surface area contributed by atoms with Crippen LogP contribution in [0.3, 0.4) is 0 Å². The fourth-order valence-corrected chi connectivity index (χ4v) is 2.08. The normalized spacial score (nSPS) is 12.1. The van der Waals surface area contributed by atoms with E-state index >= 15 is 0 Å². The number of benzene rings is 2. The monoisotopic (exact) mass is 264 g/mol. The highest BCUT2D eigenvalue weighted by Crippen LogP contribution is 2.52. The molecule has 0 saturated carbocycles. The number of aromatic hydroxyl groups is 2. The highest BCUT2D eigenvalue weighted by atomic mass is 35.5. The average Bonchev–Trinajstić information content (AvgIpc) is 2.38. The van der Waals surface area contributed by atoms with Gasteiger partial charge in [-0.15, -0.1) is 11.6 Å². The van der Waals surface area contributed by atoms with Gasteiger partial charge in [-0.25, -0.2) is 0 Å². The molecule has 92 valence electrons. The summed E-state index contributed by atoms with van der Waals surface area (Å²) in [6.45, 7) is 0. The maximum Gasteiger partial charge on any atom is 0.178 e. The van der Waals surface area contributed by atoms with Crippen molar-refractivity contribution in [1.82, 2.24) is 0 Å². The van der Waals surface area contributed by atoms with Crippen molar-refractivity contribution in [2.24, 2.45) is 0 Å². The minimum Gasteiger partial charge on any atom is -0.504 e. The fourth-order valence-electron chi connectivity index (χ4n) is 1.83. The first kappa shape index (κ1) is 11.0. The number of rotatable bonds is 1. The van der Waals surface area contributed by atoms with Gasteiger partial charge in [-0.1, -0.05) is 12.1 Å². The van der Waals surface area contributed by atoms with Crippen LogP contribution in [-0.2, 0) is 5.88 Å². The summed E-state index contributed by atoms with van der Waals surface area (Å²) in [6, 6.07) is 8.43. The SMILES string of the molecule is Oc1cc2c(c(CCl)c1O)Oc1ccccc1O2. The topological polar surface area (TPSA) is 58.9 Å². The Balaban J connectivity index is 2.18. The van der Waals surface area contributed by atoms with E-state index in [2.05, 4.69) is 0 Å². The number of ether oxygens (including phenoxy) is 2. The first-order chi connectivity index (χ1) is 8.70. The molecule has 1 heterocycles. The van der Waals surface area contributed by atoms with Crippen molar-refractivity contribution in [2.45, 2.75) is 5.88 Å². The van der Waals surface area contributed by atoms with Crippen LogP contribution in [-0.4, -0.2) is 10.2 Å². The minimum absolute atomic E-state index is 0.00803. The summed E-state index contributed by atoms with van der Waals surface area (Å²) in [5.41, 5.74) is 0.307. The van der Waals surface area contributed by atoms with Gasteiger partial charge in [0.05, 0.1) is 11.4 Å². The van der Waals surface area contributed by atoms with Crippen molar-refractivity contribution < 1.29 is 19.7 Å². The van der Waals surface area contributed by atoms with Gasteiger partial charge in [0.2, 0.25) is 0 Å². The number of halogens is 1. The first-order valence-electron chi connectivity index (χ1n) is 5.29. The van der Waals surface area contributed by atoms with Crippen LogP contribution in [0, 0.1) is 0 Å². The lowest BCUT2D eigenvalue weighted by Gasteiger charge is -2.23. The van der Waals surface area contributed by atoms with Crippen LogP contribution in [0.5, 0.6) is 34.5 Å². The Hall–Kier alpha value is -2.07. The maximum atomic E-state index is 9.73. The largest absolute Gasteiger partial charge is 0.504 e. The van der Waals surface area contributed by atoms with Crippen LogP contribution < -0.4 is 9.47 Å². The van der Waals surface area contributed by atoms with Crippen molar-refractivity contribution in [1.29, 1.82) is 0 Å². The number of alkyl halides is 1. The predicted molar refractivity (Wildman–Crippen MR) is 65.9 cm³/mol. The van der Waals surface area contributed by atoms with Gasteiger partial charge in [0.1, 0.15) is 0 Å². The Labute approximate surface area is 108 Å². The molecule has 0 amide bonds. The van der Waals surface area contributed by atoms with E-state index in [1.807, 2.05) is 12.1 Å². The van der Waals surface area contributed by atoms with E-state index < -0.39 is 0 Å². The summed E-state index contributed by atoms with van der Waals surface area (Å²) >= 11 is 5.76. The zero-order valence-corrected chi connectivity index (χ0v) is 9.94. The van der Waals surface area contributed by atoms with Gasteiger partial charge in [0, 0.05) is 6.07 Å². The van der Waals surface area contributed by atoms with E-state index in [-0.39, 0.29) is 17.4 Å². The molecule has 5 heteroatoms. The molecule has 3 rings (SSSR count). The summed E-state index contributed by atoms with van der Waals surface area (Å²) in [6.07, 6.45) is 0. The number of phenols is 2. The van der Waals surface area contributed by atoms with Crippen LogP contribution >= 0.6 is 11.6 Å². The molecule has 18 heavy (non-hydrogen) atoms. The number of hydrogen-bond donors (Lipinski definition) is 2. The van der Waals surface area contributed by atoms with E-state index in [0.717, 1.165) is 0 Å². The smallest absolute Gasteiger partial charge is 0.178 e. The van der Waals surface area contributed by atoms with Gasteiger partial charge < -0.3 is 19.7 Å². The van der Waals surface area contributed by atoms with E-state index in [4.69, 9.17) is 21.1 Å². The highest BCUT2D eigenvalue weighted by Gasteiger charge is 2.25. The third-order valence-corrected chi connectivity index (χ3v) is 2.98. The van der Waals surface area contributed by atoms with Crippen LogP contribution in [0.25, 0.3) is 0 Å². The first-order valence-corrected chi connectivity index (χ1v) is 5.82. The van der Waals surface area contributed by atoms with Gasteiger partial charge >= 0.3 is 0 Å². The molecule has 0 aliphatic carbocycles. The van der Waals surface area contributed by atoms with Gasteiger partial charge in [-0.3, -0.25) is 0 Å². The summed E-state index contributed by atoms with van der Waals surface area (Å²) in [5, 5.41) is 19.3. The Morgan fingerprint density at radius 1 is 1.00 bits per heavy atom. The van der Waals surface area contributed by atoms with Crippen molar-refractivity contribution in [3.8, 4) is 34.5 Å². The molecular formula is C13H9ClO4. The van der Waals surface area contributed by atoms with Crippen LogP contribution in [0.15, 0.2) is 30.3 Å². The second-order valence-corrected chi connectivity index (χ2v) is 4.10. The molecule has 0 aromatic heterocycles. The van der Waals surface area contributed by atoms with Gasteiger partial charge in [-0.05, 0) is 12.1 Å². The van der Waals surface area contributed by atoms with E-state index in [9.17, 15) is 10.2 Å². The Morgan fingerprint density at radius 2 is 1.67 bits per heavy atom. The molecule has 0 saturated heterocycles. The number of phenolic OH excluding ortho intramolecular Hbond substituents is 2. The quantitative estimate of drug-likeness (QED) is 0.519. The van der Waals surface area contributed by atoms with Crippen molar-refractivity contribution in [3.63, 3.8) is 0 Å². The van der Waals surface area contributed by atoms with Crippen molar-refractivity contribution >= 4 is 11.6 Å². The lowest BCUT2D eigenvalue weighted by atomic mass is 10.1. The van der Waals surface area contributed by atoms with Crippen LogP contribution in [0.2, 0.25) is 0 Å². The van der Waals surface area contributed by atoms with Gasteiger partial charge in [0.25, 0.3) is 0 Å². The molecule has 0 fully saturated rings. The second-order valence-electron chi connectivity index (χ2n) is 3.83. The van der Waals surface area contributed by atoms with Gasteiger partial charge in [0.15, 0.2) is 34.5 Å². The molecular weight excluding hydrogens is 256 g/mol. The number of para-hydroxylation sites is 2. The molecule has 0 bridgehead atoms. The zero-order valence-electron chi connectivity index (χ0n) is 9.18. The third-order valence-electron chi connectivity index (χ3n) is 2.71. The Morgan fingerprint density at radius 3 is 2.33 bits per heavy atom. The van der Waals surface area contributed by atoms with E-state index in [1.54, 1.807) is 12.1 Å². The Bertz CT molecular complexity index is 625. The van der Waals surface area contributed by atoms with Crippen LogP contribution in [0.4, 0.5) is 0 Å². The van der Waals surface area contributed by atoms with Crippen LogP contribution in [0.1, 0.15) is 5.56 Å². The van der Waals surface area contributed by atoms with E-state index in [0.29, 0.717) is 28.6 Å². The predicted octanol–water partition coefficient (Wildman–Crippen LogP) is 3.73. The lowest BCUT2D eigenvalue weighted by molar-refractivity contribution is 0.342. The van der Waals surface area contributed by atoms with E-state index in [1.165, 1.54) is 6.07 Å². The average molecular weight is 265 g/mol. The summed E-state index contributed by atoms with van der Waals surface area (Å²) in [4.78, 5) is 0. The summed E-state index contributed by atoms with van der Waals surface area (Å²) < 4.78 is 11.3. The Kier molecular flexibility index (Phi) is 2.45. The fraction of sp³-hybridized carbons (Fsp3) is 0.0769. The zero-order chi connectivity index (χ0) is 12.7. The molecule has 2 N–H and O–H groups in total. The maximum absolute atomic E-state index is 9.73. The summed E-state index contributed by atoms with van der Waals surface area (Å²) in [7, 11) is 0. The molecule has 4 nitrogen and oxygen atoms in total. The molecule has 2 aromatic carbocycles. The summed E-state index contributed by atoms with van der Waals surface area (Å²) in [5.74, 6) is 1.20. The molecule has 1 aliphatic heterocycles. The molecule has 0 atom stereocenters. The van der Waals surface area contributed by atoms with Crippen molar-refractivity contribution in [3.05, 3.63) is 35.9 Å². The molecule has 0 spiro atoms. The number of fused-ring (bicyclic) bond motifs is 2. The lowest BCUT2D eigenvalue weighted by Crippen LogP contribution is -2.01.